The molecule has 1 aromatic heterocycles. The van der Waals surface area contributed by atoms with E-state index in [1.165, 1.54) is 16.8 Å². The second-order valence-corrected chi connectivity index (χ2v) is 7.21. The van der Waals surface area contributed by atoms with Crippen LogP contribution in [0.4, 0.5) is 0 Å². The summed E-state index contributed by atoms with van der Waals surface area (Å²) in [5, 5.41) is 7.09. The first-order valence-corrected chi connectivity index (χ1v) is 8.79. The topological polar surface area (TPSA) is 84.9 Å². The van der Waals surface area contributed by atoms with E-state index < -0.39 is 5.92 Å². The van der Waals surface area contributed by atoms with Crippen LogP contribution in [0.15, 0.2) is 28.2 Å². The maximum Gasteiger partial charge on any atom is 0.254 e. The fraction of sp³-hybridized carbons (Fsp3) is 0.421. The smallest absolute Gasteiger partial charge is 0.254 e. The van der Waals surface area contributed by atoms with E-state index in [0.29, 0.717) is 11.6 Å². The number of nitrogens with zero attached hydrogens (tertiary/aromatic N) is 3. The van der Waals surface area contributed by atoms with Crippen molar-refractivity contribution >= 4 is 23.9 Å². The van der Waals surface area contributed by atoms with Crippen LogP contribution in [-0.4, -0.2) is 41.8 Å². The van der Waals surface area contributed by atoms with E-state index in [1.807, 2.05) is 6.08 Å². The fourth-order valence-corrected chi connectivity index (χ4v) is 3.41. The number of carbonyl (C=O) groups is 1. The molecule has 7 heteroatoms. The zero-order chi connectivity index (χ0) is 18.8. The largest absolute Gasteiger partial charge is 0.359 e. The molecule has 138 valence electrons. The summed E-state index contributed by atoms with van der Waals surface area (Å²) >= 11 is 0. The molecule has 0 aliphatic carbocycles. The number of H-pyrrole nitrogens is 1. The van der Waals surface area contributed by atoms with Gasteiger partial charge in [-0.05, 0) is 44.1 Å². The monoisotopic (exact) mass is 354 g/mol. The van der Waals surface area contributed by atoms with E-state index in [2.05, 4.69) is 65.6 Å². The number of hydrogen-bond acceptors (Lipinski definition) is 5. The number of rotatable bonds is 5. The van der Waals surface area contributed by atoms with Crippen molar-refractivity contribution in [3.05, 3.63) is 40.6 Å². The minimum Gasteiger partial charge on any atom is -0.359 e. The van der Waals surface area contributed by atoms with E-state index in [4.69, 9.17) is 0 Å². The third kappa shape index (κ3) is 3.48. The standard InChI is InChI=1S/C19H26N6O/c1-11(2)17-14(10-25(4)5)12(3)23-15(17)8-16-18(21-7-6-20-16)13-9-22-24-19(13)26/h6-9,11,13,20,23H,10H2,1-5H3,(H,24,26). The number of aromatic nitrogens is 1. The molecule has 0 aromatic carbocycles. The summed E-state index contributed by atoms with van der Waals surface area (Å²) in [5.41, 5.74) is 8.78. The van der Waals surface area contributed by atoms with Gasteiger partial charge in [-0.3, -0.25) is 9.79 Å². The highest BCUT2D eigenvalue weighted by atomic mass is 16.2. The van der Waals surface area contributed by atoms with Gasteiger partial charge in [-0.15, -0.1) is 0 Å². The number of aromatic amines is 1. The van der Waals surface area contributed by atoms with Crippen LogP contribution in [0.2, 0.25) is 0 Å². The van der Waals surface area contributed by atoms with Crippen LogP contribution in [0.1, 0.15) is 42.3 Å². The van der Waals surface area contributed by atoms with Gasteiger partial charge in [0.15, 0.2) is 0 Å². The number of hydrogen-bond donors (Lipinski definition) is 3. The lowest BCUT2D eigenvalue weighted by Gasteiger charge is -2.17. The quantitative estimate of drug-likeness (QED) is 0.757. The maximum absolute atomic E-state index is 12.0. The molecule has 1 unspecified atom stereocenters. The number of aliphatic imine (C=N–C) groups is 1. The summed E-state index contributed by atoms with van der Waals surface area (Å²) in [4.78, 5) is 22.1. The third-order valence-corrected chi connectivity index (χ3v) is 4.51. The molecule has 3 heterocycles. The Bertz CT molecular complexity index is 825. The van der Waals surface area contributed by atoms with Gasteiger partial charge < -0.3 is 15.2 Å². The van der Waals surface area contributed by atoms with Crippen LogP contribution in [0, 0.1) is 12.8 Å². The molecular weight excluding hydrogens is 328 g/mol. The average molecular weight is 354 g/mol. The first-order chi connectivity index (χ1) is 12.4. The van der Waals surface area contributed by atoms with Gasteiger partial charge in [0.1, 0.15) is 5.92 Å². The van der Waals surface area contributed by atoms with Gasteiger partial charge in [0.05, 0.1) is 11.4 Å². The number of amides is 1. The van der Waals surface area contributed by atoms with E-state index in [0.717, 1.165) is 17.9 Å². The molecule has 3 N–H and O–H groups in total. The van der Waals surface area contributed by atoms with Crippen molar-refractivity contribution in [2.45, 2.75) is 33.2 Å². The number of nitrogens with one attached hydrogen (secondary N) is 3. The normalized spacial score (nSPS) is 20.9. The van der Waals surface area contributed by atoms with Crippen molar-refractivity contribution in [2.75, 3.05) is 14.1 Å². The highest BCUT2D eigenvalue weighted by Crippen LogP contribution is 2.29. The van der Waals surface area contributed by atoms with Crippen LogP contribution in [-0.2, 0) is 11.3 Å². The Morgan fingerprint density at radius 3 is 2.73 bits per heavy atom. The SMILES string of the molecule is Cc1[nH]c(C=C2NC=CN=C2C2C=NNC2=O)c(C(C)C)c1CN(C)C. The lowest BCUT2D eigenvalue weighted by atomic mass is 9.95. The van der Waals surface area contributed by atoms with E-state index in [1.54, 1.807) is 18.6 Å². The van der Waals surface area contributed by atoms with Crippen molar-refractivity contribution in [1.82, 2.24) is 20.6 Å². The Hall–Kier alpha value is -2.67. The summed E-state index contributed by atoms with van der Waals surface area (Å²) in [6, 6.07) is 0. The van der Waals surface area contributed by atoms with E-state index in [-0.39, 0.29) is 5.91 Å². The van der Waals surface area contributed by atoms with E-state index >= 15 is 0 Å². The van der Waals surface area contributed by atoms with Gasteiger partial charge in [-0.1, -0.05) is 13.8 Å². The third-order valence-electron chi connectivity index (χ3n) is 4.51. The highest BCUT2D eigenvalue weighted by Gasteiger charge is 2.30. The van der Waals surface area contributed by atoms with Crippen molar-refractivity contribution in [3.63, 3.8) is 0 Å². The van der Waals surface area contributed by atoms with Gasteiger partial charge in [0, 0.05) is 36.5 Å². The summed E-state index contributed by atoms with van der Waals surface area (Å²) in [6.07, 6.45) is 7.07. The predicted octanol–water partition coefficient (Wildman–Crippen LogP) is 2.10. The Morgan fingerprint density at radius 1 is 1.35 bits per heavy atom. The summed E-state index contributed by atoms with van der Waals surface area (Å²) in [5.74, 6) is -0.261. The van der Waals surface area contributed by atoms with Crippen LogP contribution in [0.5, 0.6) is 0 Å². The van der Waals surface area contributed by atoms with Gasteiger partial charge >= 0.3 is 0 Å². The second-order valence-electron chi connectivity index (χ2n) is 7.21. The minimum atomic E-state index is -0.474. The fourth-order valence-electron chi connectivity index (χ4n) is 3.41. The van der Waals surface area contributed by atoms with Crippen molar-refractivity contribution in [1.29, 1.82) is 0 Å². The molecule has 2 aliphatic rings. The molecule has 0 bridgehead atoms. The Kier molecular flexibility index (Phi) is 5.08. The summed E-state index contributed by atoms with van der Waals surface area (Å²) in [6.45, 7) is 7.38. The molecule has 1 atom stereocenters. The average Bonchev–Trinajstić information content (AvgIpc) is 3.11. The molecular formula is C19H26N6O. The Balaban J connectivity index is 2.03. The molecule has 0 radical (unpaired) electrons. The molecule has 1 amide bonds. The van der Waals surface area contributed by atoms with Crippen molar-refractivity contribution < 1.29 is 4.79 Å². The molecule has 7 nitrogen and oxygen atoms in total. The molecule has 2 aliphatic heterocycles. The van der Waals surface area contributed by atoms with Crippen LogP contribution in [0.3, 0.4) is 0 Å². The molecule has 0 saturated heterocycles. The predicted molar refractivity (Wildman–Crippen MR) is 105 cm³/mol. The van der Waals surface area contributed by atoms with Crippen LogP contribution < -0.4 is 10.7 Å². The summed E-state index contributed by atoms with van der Waals surface area (Å²) in [7, 11) is 4.15. The molecule has 1 aromatic rings. The van der Waals surface area contributed by atoms with Gasteiger partial charge in [0.25, 0.3) is 5.91 Å². The molecule has 0 fully saturated rings. The zero-order valence-electron chi connectivity index (χ0n) is 15.9. The molecule has 0 spiro atoms. The number of hydrazone groups is 1. The van der Waals surface area contributed by atoms with Crippen LogP contribution >= 0.6 is 0 Å². The number of allylic oxidation sites excluding steroid dienone is 1. The molecule has 3 rings (SSSR count). The number of aryl methyl sites for hydroxylation is 1. The minimum absolute atomic E-state index is 0.160. The Morgan fingerprint density at radius 2 is 2.12 bits per heavy atom. The van der Waals surface area contributed by atoms with Gasteiger partial charge in [-0.25, -0.2) is 5.43 Å². The van der Waals surface area contributed by atoms with Gasteiger partial charge in [0.2, 0.25) is 0 Å². The summed E-state index contributed by atoms with van der Waals surface area (Å²) < 4.78 is 0. The van der Waals surface area contributed by atoms with E-state index in [9.17, 15) is 4.79 Å². The lowest BCUT2D eigenvalue weighted by Crippen LogP contribution is -2.32. The number of carbonyl (C=O) groups excluding carboxylic acids is 1. The second kappa shape index (κ2) is 7.29. The highest BCUT2D eigenvalue weighted by molar-refractivity contribution is 6.24. The van der Waals surface area contributed by atoms with Crippen molar-refractivity contribution in [2.24, 2.45) is 16.0 Å². The first-order valence-electron chi connectivity index (χ1n) is 8.79. The Labute approximate surface area is 154 Å². The van der Waals surface area contributed by atoms with Crippen molar-refractivity contribution in [3.8, 4) is 0 Å². The first kappa shape index (κ1) is 18.1. The van der Waals surface area contributed by atoms with Crippen LogP contribution in [0.25, 0.3) is 6.08 Å². The lowest BCUT2D eigenvalue weighted by molar-refractivity contribution is -0.120. The van der Waals surface area contributed by atoms with Gasteiger partial charge in [-0.2, -0.15) is 5.10 Å². The molecule has 26 heavy (non-hydrogen) atoms. The molecule has 0 saturated carbocycles. The zero-order valence-corrected chi connectivity index (χ0v) is 15.9. The maximum atomic E-state index is 12.0.